The molecule has 0 aliphatic carbocycles. The molecule has 3 amide bonds. The van der Waals surface area contributed by atoms with Crippen molar-refractivity contribution in [2.45, 2.75) is 13.1 Å². The number of rotatable bonds is 3. The molecule has 0 unspecified atom stereocenters. The number of alkyl halides is 3. The summed E-state index contributed by atoms with van der Waals surface area (Å²) in [6.45, 7) is 1.74. The van der Waals surface area contributed by atoms with E-state index in [9.17, 15) is 22.8 Å². The Kier molecular flexibility index (Phi) is 5.17. The number of aromatic nitrogens is 2. The van der Waals surface area contributed by atoms with Crippen LogP contribution in [0.15, 0.2) is 42.5 Å². The molecular weight excluding hydrogens is 447 g/mol. The van der Waals surface area contributed by atoms with Crippen LogP contribution in [0.25, 0.3) is 21.8 Å². The number of benzene rings is 2. The van der Waals surface area contributed by atoms with Gasteiger partial charge in [-0.25, -0.2) is 9.78 Å². The number of nitrogens with zero attached hydrogens (tertiary/aromatic N) is 1. The number of carbonyl (C=O) groups excluding carboxylic acids is 2. The fourth-order valence-electron chi connectivity index (χ4n) is 3.40. The molecule has 7 nitrogen and oxygen atoms in total. The minimum atomic E-state index is -4.65. The SMILES string of the molecule is Cc1cc2c([nH]c3cc(NC(=O)Nc4ccc(Cl)c(C(F)(F)F)c4)ccc32)c(C(N)=O)n1. The van der Waals surface area contributed by atoms with Crippen molar-refractivity contribution in [3.05, 3.63) is 64.4 Å². The van der Waals surface area contributed by atoms with Gasteiger partial charge in [0.15, 0.2) is 5.69 Å². The number of carbonyl (C=O) groups is 2. The van der Waals surface area contributed by atoms with Gasteiger partial charge in [-0.2, -0.15) is 13.2 Å². The maximum atomic E-state index is 13.0. The summed E-state index contributed by atoms with van der Waals surface area (Å²) in [6.07, 6.45) is -4.65. The molecule has 0 atom stereocenters. The second kappa shape index (κ2) is 7.72. The van der Waals surface area contributed by atoms with Crippen molar-refractivity contribution in [2.24, 2.45) is 5.73 Å². The van der Waals surface area contributed by atoms with Crippen LogP contribution in [0, 0.1) is 6.92 Å². The Labute approximate surface area is 183 Å². The number of primary amides is 1. The Morgan fingerprint density at radius 1 is 1.03 bits per heavy atom. The number of hydrogen-bond donors (Lipinski definition) is 4. The summed E-state index contributed by atoms with van der Waals surface area (Å²) >= 11 is 5.59. The summed E-state index contributed by atoms with van der Waals surface area (Å²) in [5.74, 6) is -0.677. The third-order valence-electron chi connectivity index (χ3n) is 4.74. The second-order valence-electron chi connectivity index (χ2n) is 7.06. The van der Waals surface area contributed by atoms with E-state index in [0.717, 1.165) is 22.9 Å². The first-order chi connectivity index (χ1) is 15.0. The highest BCUT2D eigenvalue weighted by atomic mass is 35.5. The lowest BCUT2D eigenvalue weighted by Gasteiger charge is -2.12. The zero-order chi connectivity index (χ0) is 23.2. The minimum absolute atomic E-state index is 0.0708. The zero-order valence-corrected chi connectivity index (χ0v) is 17.2. The molecule has 0 aliphatic rings. The number of H-pyrrole nitrogens is 1. The largest absolute Gasteiger partial charge is 0.417 e. The first-order valence-electron chi connectivity index (χ1n) is 9.20. The number of amides is 3. The molecular formula is C21H15ClF3N5O2. The number of hydrogen-bond acceptors (Lipinski definition) is 3. The topological polar surface area (TPSA) is 113 Å². The zero-order valence-electron chi connectivity index (χ0n) is 16.4. The lowest BCUT2D eigenvalue weighted by Crippen LogP contribution is -2.19. The summed E-state index contributed by atoms with van der Waals surface area (Å²) in [5, 5.41) is 5.97. The first-order valence-corrected chi connectivity index (χ1v) is 9.58. The van der Waals surface area contributed by atoms with E-state index in [0.29, 0.717) is 22.4 Å². The van der Waals surface area contributed by atoms with Crippen LogP contribution in [0.3, 0.4) is 0 Å². The van der Waals surface area contributed by atoms with Crippen molar-refractivity contribution >= 4 is 56.7 Å². The number of urea groups is 1. The summed E-state index contributed by atoms with van der Waals surface area (Å²) in [7, 11) is 0. The summed E-state index contributed by atoms with van der Waals surface area (Å²) in [6, 6.07) is 9.12. The summed E-state index contributed by atoms with van der Waals surface area (Å²) < 4.78 is 39.0. The number of aryl methyl sites for hydroxylation is 1. The highest BCUT2D eigenvalue weighted by molar-refractivity contribution is 6.31. The molecule has 0 saturated carbocycles. The number of aromatic amines is 1. The Bertz CT molecular complexity index is 1400. The standard InChI is InChI=1S/C21H15ClF3N5O2/c1-9-6-13-12-4-2-11(8-16(12)30-17(13)18(27-9)19(26)31)29-20(32)28-10-3-5-15(22)14(7-10)21(23,24)25/h2-8,30H,1H3,(H2,26,31)(H2,28,29,32). The average Bonchev–Trinajstić information content (AvgIpc) is 3.05. The van der Waals surface area contributed by atoms with E-state index < -0.39 is 28.7 Å². The number of halogens is 4. The maximum Gasteiger partial charge on any atom is 0.417 e. The smallest absolute Gasteiger partial charge is 0.364 e. The third kappa shape index (κ3) is 4.04. The second-order valence-corrected chi connectivity index (χ2v) is 7.46. The van der Waals surface area contributed by atoms with Crippen LogP contribution in [0.2, 0.25) is 5.02 Å². The molecule has 2 heterocycles. The van der Waals surface area contributed by atoms with Gasteiger partial charge in [-0.1, -0.05) is 17.7 Å². The number of anilines is 2. The quantitative estimate of drug-likeness (QED) is 0.326. The summed E-state index contributed by atoms with van der Waals surface area (Å²) in [5.41, 5.74) is 6.48. The average molecular weight is 462 g/mol. The van der Waals surface area contributed by atoms with Gasteiger partial charge >= 0.3 is 12.2 Å². The van der Waals surface area contributed by atoms with Gasteiger partial charge in [0, 0.05) is 33.4 Å². The number of fused-ring (bicyclic) bond motifs is 3. The van der Waals surface area contributed by atoms with Crippen LogP contribution in [0.1, 0.15) is 21.7 Å². The van der Waals surface area contributed by atoms with E-state index in [1.807, 2.05) is 0 Å². The van der Waals surface area contributed by atoms with Gasteiger partial charge < -0.3 is 21.4 Å². The van der Waals surface area contributed by atoms with Crippen LogP contribution in [-0.4, -0.2) is 21.9 Å². The predicted molar refractivity (Wildman–Crippen MR) is 116 cm³/mol. The van der Waals surface area contributed by atoms with Crippen LogP contribution in [0.5, 0.6) is 0 Å². The van der Waals surface area contributed by atoms with Gasteiger partial charge in [0.2, 0.25) is 0 Å². The van der Waals surface area contributed by atoms with Crippen molar-refractivity contribution in [3.8, 4) is 0 Å². The molecule has 0 aliphatic heterocycles. The molecule has 0 radical (unpaired) electrons. The van der Waals surface area contributed by atoms with E-state index >= 15 is 0 Å². The molecule has 0 spiro atoms. The van der Waals surface area contributed by atoms with Gasteiger partial charge in [-0.05, 0) is 43.3 Å². The Hall–Kier alpha value is -3.79. The van der Waals surface area contributed by atoms with Crippen LogP contribution < -0.4 is 16.4 Å². The van der Waals surface area contributed by atoms with Crippen LogP contribution >= 0.6 is 11.6 Å². The van der Waals surface area contributed by atoms with Crippen LogP contribution in [0.4, 0.5) is 29.3 Å². The molecule has 32 heavy (non-hydrogen) atoms. The maximum absolute atomic E-state index is 13.0. The van der Waals surface area contributed by atoms with Crippen molar-refractivity contribution in [1.82, 2.24) is 9.97 Å². The lowest BCUT2D eigenvalue weighted by atomic mass is 10.1. The molecule has 4 rings (SSSR count). The van der Waals surface area contributed by atoms with Crippen molar-refractivity contribution in [2.75, 3.05) is 10.6 Å². The normalized spacial score (nSPS) is 11.7. The van der Waals surface area contributed by atoms with Gasteiger partial charge in [-0.15, -0.1) is 0 Å². The van der Waals surface area contributed by atoms with Crippen molar-refractivity contribution in [1.29, 1.82) is 0 Å². The fraction of sp³-hybridized carbons (Fsp3) is 0.0952. The molecule has 11 heteroatoms. The molecule has 5 N–H and O–H groups in total. The van der Waals surface area contributed by atoms with Gasteiger partial charge in [0.1, 0.15) is 0 Å². The van der Waals surface area contributed by atoms with E-state index in [1.54, 1.807) is 31.2 Å². The molecule has 0 fully saturated rings. The monoisotopic (exact) mass is 461 g/mol. The van der Waals surface area contributed by atoms with Gasteiger partial charge in [0.25, 0.3) is 5.91 Å². The highest BCUT2D eigenvalue weighted by Crippen LogP contribution is 2.36. The van der Waals surface area contributed by atoms with Crippen molar-refractivity contribution < 1.29 is 22.8 Å². The molecule has 164 valence electrons. The Morgan fingerprint density at radius 3 is 2.34 bits per heavy atom. The van der Waals surface area contributed by atoms with Gasteiger partial charge in [-0.3, -0.25) is 4.79 Å². The third-order valence-corrected chi connectivity index (χ3v) is 5.07. The Morgan fingerprint density at radius 2 is 1.69 bits per heavy atom. The predicted octanol–water partition coefficient (Wildman–Crippen LogP) is 5.44. The van der Waals surface area contributed by atoms with E-state index in [1.165, 1.54) is 6.07 Å². The highest BCUT2D eigenvalue weighted by Gasteiger charge is 2.33. The minimum Gasteiger partial charge on any atom is -0.364 e. The summed E-state index contributed by atoms with van der Waals surface area (Å²) in [4.78, 5) is 31.3. The molecule has 4 aromatic rings. The molecule has 0 saturated heterocycles. The Balaban J connectivity index is 1.61. The van der Waals surface area contributed by atoms with E-state index in [4.69, 9.17) is 17.3 Å². The van der Waals surface area contributed by atoms with Crippen molar-refractivity contribution in [3.63, 3.8) is 0 Å². The van der Waals surface area contributed by atoms with E-state index in [-0.39, 0.29) is 11.4 Å². The number of pyridine rings is 1. The van der Waals surface area contributed by atoms with Crippen LogP contribution in [-0.2, 0) is 6.18 Å². The first kappa shape index (κ1) is 21.4. The molecule has 2 aromatic heterocycles. The number of nitrogens with two attached hydrogens (primary N) is 1. The number of nitrogens with one attached hydrogen (secondary N) is 3. The lowest BCUT2D eigenvalue weighted by molar-refractivity contribution is -0.137. The van der Waals surface area contributed by atoms with Gasteiger partial charge in [0.05, 0.1) is 16.1 Å². The van der Waals surface area contributed by atoms with E-state index in [2.05, 4.69) is 20.6 Å². The molecule has 0 bridgehead atoms. The fourth-order valence-corrected chi connectivity index (χ4v) is 3.62. The molecule has 2 aromatic carbocycles.